The Morgan fingerprint density at radius 1 is 1.14 bits per heavy atom. The Labute approximate surface area is 176 Å². The summed E-state index contributed by atoms with van der Waals surface area (Å²) in [4.78, 5) is 20.7. The number of quaternary nitrogens is 1. The molecule has 1 amide bonds. The molecule has 0 bridgehead atoms. The zero-order valence-corrected chi connectivity index (χ0v) is 18.4. The number of hydrogen-bond acceptors (Lipinski definition) is 3. The molecule has 1 N–H and O–H groups in total. The van der Waals surface area contributed by atoms with E-state index in [1.165, 1.54) is 21.6 Å². The van der Waals surface area contributed by atoms with Crippen LogP contribution in [0.25, 0.3) is 0 Å². The molecule has 2 aromatic carbocycles. The van der Waals surface area contributed by atoms with Crippen molar-refractivity contribution in [2.24, 2.45) is 0 Å². The number of hydrogen-bond donors (Lipinski definition) is 1. The van der Waals surface area contributed by atoms with Crippen LogP contribution in [0.15, 0.2) is 41.8 Å². The highest BCUT2D eigenvalue weighted by molar-refractivity contribution is 7.14. The maximum Gasteiger partial charge on any atom is 0.230 e. The van der Waals surface area contributed by atoms with Crippen molar-refractivity contribution in [2.45, 2.75) is 47.2 Å². The van der Waals surface area contributed by atoms with E-state index in [1.54, 1.807) is 23.2 Å². The molecule has 0 spiro atoms. The van der Waals surface area contributed by atoms with Gasteiger partial charge in [-0.05, 0) is 37.5 Å². The Morgan fingerprint density at radius 2 is 1.83 bits per heavy atom. The van der Waals surface area contributed by atoms with Gasteiger partial charge in [0.1, 0.15) is 18.8 Å². The fourth-order valence-corrected chi connectivity index (χ4v) is 5.32. The summed E-state index contributed by atoms with van der Waals surface area (Å²) in [6.45, 7) is 10.9. The smallest absolute Gasteiger partial charge is 0.230 e. The number of aryl methyl sites for hydroxylation is 3. The monoisotopic (exact) mass is 406 g/mol. The first-order chi connectivity index (χ1) is 13.9. The molecule has 150 valence electrons. The summed E-state index contributed by atoms with van der Waals surface area (Å²) in [5.74, 6) is 0.000185. The number of fused-ring (bicyclic) bond motifs is 1. The van der Waals surface area contributed by atoms with Crippen LogP contribution in [-0.4, -0.2) is 17.4 Å². The van der Waals surface area contributed by atoms with Gasteiger partial charge in [0.05, 0.1) is 12.2 Å². The molecule has 1 atom stereocenters. The Bertz CT molecular complexity index is 1030. The highest BCUT2D eigenvalue weighted by Gasteiger charge is 2.24. The lowest BCUT2D eigenvalue weighted by atomic mass is 10.00. The SMILES string of the molecule is CC(=O)N(c1nc(C[NH+]2CCc3ccccc3C2)cs1)c1c(C)cc(C)cc1C. The molecule has 4 rings (SSSR count). The van der Waals surface area contributed by atoms with Gasteiger partial charge in [-0.2, -0.15) is 0 Å². The maximum absolute atomic E-state index is 12.6. The van der Waals surface area contributed by atoms with Crippen LogP contribution in [0, 0.1) is 20.8 Å². The zero-order chi connectivity index (χ0) is 20.5. The van der Waals surface area contributed by atoms with E-state index in [0.29, 0.717) is 0 Å². The van der Waals surface area contributed by atoms with Gasteiger partial charge in [-0.3, -0.25) is 9.69 Å². The molecule has 1 aliphatic heterocycles. The van der Waals surface area contributed by atoms with Crippen molar-refractivity contribution >= 4 is 28.1 Å². The lowest BCUT2D eigenvalue weighted by Crippen LogP contribution is -3.10. The Morgan fingerprint density at radius 3 is 2.52 bits per heavy atom. The van der Waals surface area contributed by atoms with E-state index in [-0.39, 0.29) is 5.91 Å². The molecule has 0 saturated carbocycles. The van der Waals surface area contributed by atoms with Gasteiger partial charge in [0.25, 0.3) is 0 Å². The van der Waals surface area contributed by atoms with Crippen molar-refractivity contribution in [1.82, 2.24) is 4.98 Å². The highest BCUT2D eigenvalue weighted by atomic mass is 32.1. The summed E-state index contributed by atoms with van der Waals surface area (Å²) in [6.07, 6.45) is 1.11. The van der Waals surface area contributed by atoms with Gasteiger partial charge >= 0.3 is 0 Å². The van der Waals surface area contributed by atoms with E-state index in [1.807, 2.05) is 0 Å². The summed E-state index contributed by atoms with van der Waals surface area (Å²) in [5, 5.41) is 2.87. The number of carbonyl (C=O) groups excluding carboxylic acids is 1. The topological polar surface area (TPSA) is 37.6 Å². The fourth-order valence-electron chi connectivity index (χ4n) is 4.44. The minimum Gasteiger partial charge on any atom is -0.326 e. The van der Waals surface area contributed by atoms with Gasteiger partial charge in [-0.1, -0.05) is 42.0 Å². The Balaban J connectivity index is 1.57. The third-order valence-corrected chi connectivity index (χ3v) is 6.52. The number of nitrogens with zero attached hydrogens (tertiary/aromatic N) is 2. The van der Waals surface area contributed by atoms with Crippen molar-refractivity contribution in [3.63, 3.8) is 0 Å². The van der Waals surface area contributed by atoms with Crippen molar-refractivity contribution in [2.75, 3.05) is 11.4 Å². The number of aromatic nitrogens is 1. The van der Waals surface area contributed by atoms with Crippen LogP contribution in [0.1, 0.15) is 40.4 Å². The van der Waals surface area contributed by atoms with Crippen LogP contribution in [-0.2, 0) is 24.3 Å². The number of nitrogens with one attached hydrogen (secondary N) is 1. The fraction of sp³-hybridized carbons (Fsp3) is 0.333. The summed E-state index contributed by atoms with van der Waals surface area (Å²) >= 11 is 1.56. The second kappa shape index (κ2) is 8.09. The Kier molecular flexibility index (Phi) is 5.52. The van der Waals surface area contributed by atoms with Crippen molar-refractivity contribution < 1.29 is 9.69 Å². The number of anilines is 2. The van der Waals surface area contributed by atoms with Gasteiger partial charge in [0.15, 0.2) is 5.13 Å². The number of amides is 1. The number of benzene rings is 2. The standard InChI is InChI=1S/C24H27N3OS/c1-16-11-17(2)23(18(3)12-16)27(19(4)28)24-25-22(15-29-24)14-26-10-9-20-7-5-6-8-21(20)13-26/h5-8,11-12,15H,9-10,13-14H2,1-4H3/p+1. The average Bonchev–Trinajstić information content (AvgIpc) is 3.12. The average molecular weight is 407 g/mol. The first-order valence-electron chi connectivity index (χ1n) is 10.2. The molecule has 0 radical (unpaired) electrons. The molecule has 0 saturated heterocycles. The molecule has 2 heterocycles. The quantitative estimate of drug-likeness (QED) is 0.714. The summed E-state index contributed by atoms with van der Waals surface area (Å²) in [6, 6.07) is 13.0. The van der Waals surface area contributed by atoms with Crippen molar-refractivity contribution in [3.8, 4) is 0 Å². The highest BCUT2D eigenvalue weighted by Crippen LogP contribution is 2.34. The molecular weight excluding hydrogens is 378 g/mol. The predicted octanol–water partition coefficient (Wildman–Crippen LogP) is 3.89. The normalized spacial score (nSPS) is 15.8. The van der Waals surface area contributed by atoms with Crippen LogP contribution in [0.4, 0.5) is 10.8 Å². The predicted molar refractivity (Wildman–Crippen MR) is 119 cm³/mol. The van der Waals surface area contributed by atoms with E-state index < -0.39 is 0 Å². The van der Waals surface area contributed by atoms with E-state index >= 15 is 0 Å². The number of thiazole rings is 1. The minimum absolute atomic E-state index is 0.000185. The molecule has 3 aromatic rings. The maximum atomic E-state index is 12.6. The summed E-state index contributed by atoms with van der Waals surface area (Å²) in [7, 11) is 0. The molecule has 29 heavy (non-hydrogen) atoms. The largest absolute Gasteiger partial charge is 0.326 e. The van der Waals surface area contributed by atoms with Crippen LogP contribution in [0.3, 0.4) is 0 Å². The van der Waals surface area contributed by atoms with Gasteiger partial charge in [-0.25, -0.2) is 4.98 Å². The molecular formula is C24H28N3OS+. The minimum atomic E-state index is 0.000185. The molecule has 5 heteroatoms. The van der Waals surface area contributed by atoms with Crippen LogP contribution >= 0.6 is 11.3 Å². The van der Waals surface area contributed by atoms with Gasteiger partial charge in [0, 0.05) is 24.3 Å². The third-order valence-electron chi connectivity index (χ3n) is 5.64. The van der Waals surface area contributed by atoms with Gasteiger partial charge in [-0.15, -0.1) is 11.3 Å². The van der Waals surface area contributed by atoms with Crippen LogP contribution in [0.5, 0.6) is 0 Å². The lowest BCUT2D eigenvalue weighted by molar-refractivity contribution is -0.929. The van der Waals surface area contributed by atoms with Crippen LogP contribution in [0.2, 0.25) is 0 Å². The van der Waals surface area contributed by atoms with Crippen molar-refractivity contribution in [3.05, 3.63) is 75.3 Å². The first-order valence-corrected chi connectivity index (χ1v) is 11.0. The van der Waals surface area contributed by atoms with Gasteiger partial charge < -0.3 is 4.90 Å². The molecule has 4 nitrogen and oxygen atoms in total. The van der Waals surface area contributed by atoms with Crippen LogP contribution < -0.4 is 9.80 Å². The number of rotatable bonds is 4. The molecule has 1 unspecified atom stereocenters. The zero-order valence-electron chi connectivity index (χ0n) is 17.6. The lowest BCUT2D eigenvalue weighted by Gasteiger charge is -2.25. The van der Waals surface area contributed by atoms with Crippen molar-refractivity contribution in [1.29, 1.82) is 0 Å². The summed E-state index contributed by atoms with van der Waals surface area (Å²) < 4.78 is 0. The number of carbonyl (C=O) groups is 1. The first kappa shape index (κ1) is 19.8. The molecule has 1 aromatic heterocycles. The van der Waals surface area contributed by atoms with Gasteiger partial charge in [0.2, 0.25) is 5.91 Å². The third kappa shape index (κ3) is 4.11. The van der Waals surface area contributed by atoms with E-state index in [9.17, 15) is 4.79 Å². The molecule has 0 fully saturated rings. The van der Waals surface area contributed by atoms with E-state index in [4.69, 9.17) is 4.98 Å². The van der Waals surface area contributed by atoms with E-state index in [0.717, 1.165) is 53.7 Å². The molecule has 0 aliphatic carbocycles. The summed E-state index contributed by atoms with van der Waals surface area (Å²) in [5.41, 5.74) is 8.36. The van der Waals surface area contributed by atoms with E-state index in [2.05, 4.69) is 62.5 Å². The second-order valence-corrected chi connectivity index (χ2v) is 8.93. The molecule has 1 aliphatic rings. The Hall–Kier alpha value is -2.50. The second-order valence-electron chi connectivity index (χ2n) is 8.10.